The molecule has 0 bridgehead atoms. The van der Waals surface area contributed by atoms with Crippen molar-refractivity contribution in [3.8, 4) is 0 Å². The number of nitrogens with one attached hydrogen (secondary N) is 1. The van der Waals surface area contributed by atoms with Crippen LogP contribution in [0.15, 0.2) is 18.5 Å². The van der Waals surface area contributed by atoms with Gasteiger partial charge in [0.05, 0.1) is 11.8 Å². The van der Waals surface area contributed by atoms with Crippen LogP contribution < -0.4 is 5.32 Å². The van der Waals surface area contributed by atoms with Gasteiger partial charge in [0.25, 0.3) is 5.91 Å². The van der Waals surface area contributed by atoms with Gasteiger partial charge in [0.2, 0.25) is 0 Å². The van der Waals surface area contributed by atoms with Crippen LogP contribution in [-0.4, -0.2) is 17.4 Å². The first-order chi connectivity index (χ1) is 7.15. The van der Waals surface area contributed by atoms with Crippen LogP contribution in [0.2, 0.25) is 0 Å². The molecular formula is C11H15FN2O. The lowest BCUT2D eigenvalue weighted by atomic mass is 10.1. The van der Waals surface area contributed by atoms with Crippen LogP contribution in [0, 0.1) is 11.7 Å². The summed E-state index contributed by atoms with van der Waals surface area (Å²) in [6.45, 7) is 4.64. The Morgan fingerprint density at radius 2 is 2.40 bits per heavy atom. The lowest BCUT2D eigenvalue weighted by Crippen LogP contribution is -2.28. The summed E-state index contributed by atoms with van der Waals surface area (Å²) in [7, 11) is 0. The molecule has 0 aliphatic rings. The lowest BCUT2D eigenvalue weighted by molar-refractivity contribution is 0.0943. The number of pyridine rings is 1. The van der Waals surface area contributed by atoms with E-state index in [2.05, 4.69) is 10.3 Å². The van der Waals surface area contributed by atoms with Crippen molar-refractivity contribution in [2.75, 3.05) is 6.54 Å². The molecule has 0 radical (unpaired) electrons. The molecule has 0 aromatic carbocycles. The minimum Gasteiger partial charge on any atom is -0.352 e. The number of hydrogen-bond acceptors (Lipinski definition) is 2. The van der Waals surface area contributed by atoms with Gasteiger partial charge in [0.1, 0.15) is 0 Å². The van der Waals surface area contributed by atoms with E-state index in [1.807, 2.05) is 13.8 Å². The van der Waals surface area contributed by atoms with Gasteiger partial charge in [-0.15, -0.1) is 0 Å². The minimum atomic E-state index is -0.584. The van der Waals surface area contributed by atoms with Crippen LogP contribution in [0.3, 0.4) is 0 Å². The average molecular weight is 210 g/mol. The van der Waals surface area contributed by atoms with Crippen molar-refractivity contribution in [2.45, 2.75) is 20.3 Å². The monoisotopic (exact) mass is 210 g/mol. The van der Waals surface area contributed by atoms with Gasteiger partial charge in [-0.1, -0.05) is 20.3 Å². The molecule has 4 heteroatoms. The van der Waals surface area contributed by atoms with Gasteiger partial charge in [-0.3, -0.25) is 9.78 Å². The Hall–Kier alpha value is -1.45. The van der Waals surface area contributed by atoms with E-state index in [-0.39, 0.29) is 11.5 Å². The van der Waals surface area contributed by atoms with E-state index in [1.54, 1.807) is 0 Å². The largest absolute Gasteiger partial charge is 0.352 e. The van der Waals surface area contributed by atoms with Gasteiger partial charge in [-0.25, -0.2) is 4.39 Å². The lowest BCUT2D eigenvalue weighted by Gasteiger charge is -2.10. The van der Waals surface area contributed by atoms with Crippen molar-refractivity contribution in [1.82, 2.24) is 10.3 Å². The number of carbonyl (C=O) groups is 1. The zero-order valence-electron chi connectivity index (χ0n) is 8.96. The van der Waals surface area contributed by atoms with Crippen molar-refractivity contribution >= 4 is 5.91 Å². The van der Waals surface area contributed by atoms with E-state index in [0.29, 0.717) is 12.5 Å². The molecule has 0 aliphatic heterocycles. The number of rotatable bonds is 4. The summed E-state index contributed by atoms with van der Waals surface area (Å²) in [5.74, 6) is -0.562. The smallest absolute Gasteiger partial charge is 0.254 e. The second-order valence-electron chi connectivity index (χ2n) is 3.58. The highest BCUT2D eigenvalue weighted by atomic mass is 19.1. The van der Waals surface area contributed by atoms with E-state index in [1.165, 1.54) is 12.3 Å². The molecule has 0 saturated carbocycles. The summed E-state index contributed by atoms with van der Waals surface area (Å²) < 4.78 is 13.1. The number of carbonyl (C=O) groups excluding carboxylic acids is 1. The average Bonchev–Trinajstić information content (AvgIpc) is 2.26. The normalized spacial score (nSPS) is 12.2. The summed E-state index contributed by atoms with van der Waals surface area (Å²) in [5.41, 5.74) is 0.0494. The fourth-order valence-corrected chi connectivity index (χ4v) is 1.07. The predicted octanol–water partition coefficient (Wildman–Crippen LogP) is 2.00. The number of aromatic nitrogens is 1. The van der Waals surface area contributed by atoms with E-state index in [9.17, 15) is 9.18 Å². The van der Waals surface area contributed by atoms with E-state index in [0.717, 1.165) is 12.6 Å². The van der Waals surface area contributed by atoms with Gasteiger partial charge in [-0.2, -0.15) is 0 Å². The predicted molar refractivity (Wildman–Crippen MR) is 56.0 cm³/mol. The molecule has 0 fully saturated rings. The maximum atomic E-state index is 13.1. The van der Waals surface area contributed by atoms with Crippen molar-refractivity contribution < 1.29 is 9.18 Å². The van der Waals surface area contributed by atoms with E-state index in [4.69, 9.17) is 0 Å². The van der Waals surface area contributed by atoms with Crippen LogP contribution in [0.1, 0.15) is 30.6 Å². The summed E-state index contributed by atoms with van der Waals surface area (Å²) in [5, 5.41) is 2.68. The first-order valence-corrected chi connectivity index (χ1v) is 5.02. The molecule has 1 aromatic heterocycles. The Balaban J connectivity index is 2.58. The summed E-state index contributed by atoms with van der Waals surface area (Å²) in [4.78, 5) is 15.1. The van der Waals surface area contributed by atoms with Crippen molar-refractivity contribution in [3.63, 3.8) is 0 Å². The highest BCUT2D eigenvalue weighted by molar-refractivity contribution is 5.94. The van der Waals surface area contributed by atoms with Crippen LogP contribution in [0.25, 0.3) is 0 Å². The SMILES string of the molecule is CCC(C)CNC(=O)c1ccncc1F. The van der Waals surface area contributed by atoms with Crippen LogP contribution in [0.4, 0.5) is 4.39 Å². The summed E-state index contributed by atoms with van der Waals surface area (Å²) in [6.07, 6.45) is 3.43. The fraction of sp³-hybridized carbons (Fsp3) is 0.455. The molecule has 1 N–H and O–H groups in total. The molecule has 1 atom stereocenters. The molecule has 1 unspecified atom stereocenters. The van der Waals surface area contributed by atoms with E-state index >= 15 is 0 Å². The number of nitrogens with zero attached hydrogens (tertiary/aromatic N) is 1. The summed E-state index contributed by atoms with van der Waals surface area (Å²) in [6, 6.07) is 1.38. The Kier molecular flexibility index (Phi) is 4.21. The molecule has 0 spiro atoms. The third-order valence-electron chi connectivity index (χ3n) is 2.33. The summed E-state index contributed by atoms with van der Waals surface area (Å²) >= 11 is 0. The molecule has 1 rings (SSSR count). The molecular weight excluding hydrogens is 195 g/mol. The highest BCUT2D eigenvalue weighted by Crippen LogP contribution is 2.04. The molecule has 82 valence electrons. The first kappa shape index (κ1) is 11.6. The number of hydrogen-bond donors (Lipinski definition) is 1. The number of amides is 1. The standard InChI is InChI=1S/C11H15FN2O/c1-3-8(2)6-14-11(15)9-4-5-13-7-10(9)12/h4-5,7-8H,3,6H2,1-2H3,(H,14,15). The maximum Gasteiger partial charge on any atom is 0.254 e. The Morgan fingerprint density at radius 3 is 3.00 bits per heavy atom. The molecule has 0 saturated heterocycles. The Labute approximate surface area is 88.7 Å². The molecule has 1 amide bonds. The Bertz CT molecular complexity index is 341. The van der Waals surface area contributed by atoms with Crippen molar-refractivity contribution in [1.29, 1.82) is 0 Å². The van der Waals surface area contributed by atoms with Gasteiger partial charge in [0.15, 0.2) is 5.82 Å². The highest BCUT2D eigenvalue weighted by Gasteiger charge is 2.11. The van der Waals surface area contributed by atoms with Crippen LogP contribution in [-0.2, 0) is 0 Å². The van der Waals surface area contributed by atoms with Crippen LogP contribution in [0.5, 0.6) is 0 Å². The molecule has 0 aliphatic carbocycles. The van der Waals surface area contributed by atoms with Crippen molar-refractivity contribution in [2.24, 2.45) is 5.92 Å². The van der Waals surface area contributed by atoms with Gasteiger partial charge < -0.3 is 5.32 Å². The van der Waals surface area contributed by atoms with Crippen molar-refractivity contribution in [3.05, 3.63) is 29.8 Å². The second kappa shape index (κ2) is 5.44. The molecule has 1 aromatic rings. The topological polar surface area (TPSA) is 42.0 Å². The minimum absolute atomic E-state index is 0.0494. The molecule has 1 heterocycles. The third kappa shape index (κ3) is 3.31. The van der Waals surface area contributed by atoms with E-state index < -0.39 is 5.82 Å². The second-order valence-corrected chi connectivity index (χ2v) is 3.58. The Morgan fingerprint density at radius 1 is 1.67 bits per heavy atom. The number of halogens is 1. The van der Waals surface area contributed by atoms with Gasteiger partial charge in [-0.05, 0) is 12.0 Å². The zero-order valence-corrected chi connectivity index (χ0v) is 8.96. The maximum absolute atomic E-state index is 13.1. The quantitative estimate of drug-likeness (QED) is 0.825. The third-order valence-corrected chi connectivity index (χ3v) is 2.33. The zero-order chi connectivity index (χ0) is 11.3. The van der Waals surface area contributed by atoms with Crippen LogP contribution >= 0.6 is 0 Å². The fourth-order valence-electron chi connectivity index (χ4n) is 1.07. The molecule has 3 nitrogen and oxygen atoms in total. The van der Waals surface area contributed by atoms with Gasteiger partial charge >= 0.3 is 0 Å². The molecule has 15 heavy (non-hydrogen) atoms. The van der Waals surface area contributed by atoms with Gasteiger partial charge in [0, 0.05) is 12.7 Å². The first-order valence-electron chi connectivity index (χ1n) is 5.02.